The molecule has 1 aromatic carbocycles. The predicted molar refractivity (Wildman–Crippen MR) is 111 cm³/mol. The van der Waals surface area contributed by atoms with E-state index in [9.17, 15) is 14.4 Å². The van der Waals surface area contributed by atoms with E-state index in [1.165, 1.54) is 6.42 Å². The molecule has 2 N–H and O–H groups in total. The fourth-order valence-electron chi connectivity index (χ4n) is 3.88. The van der Waals surface area contributed by atoms with Gasteiger partial charge in [0.2, 0.25) is 0 Å². The zero-order valence-electron chi connectivity index (χ0n) is 17.5. The maximum Gasteiger partial charge on any atom is 0.338 e. The fraction of sp³-hybridized carbons (Fsp3) is 0.591. The maximum atomic E-state index is 12.2. The average molecular weight is 418 g/mol. The highest BCUT2D eigenvalue weighted by molar-refractivity contribution is 5.97. The van der Waals surface area contributed by atoms with Crippen LogP contribution in [0.5, 0.6) is 0 Å². The number of carbonyl (C=O) groups is 3. The summed E-state index contributed by atoms with van der Waals surface area (Å²) in [4.78, 5) is 38.4. The SMILES string of the molecule is C[C@H]1CCCC[C@H]1NC(=O)NC(=O)COC(=O)c1ccc(CN2CCOCC2)cc1. The van der Waals surface area contributed by atoms with Crippen LogP contribution in [0.1, 0.15) is 48.5 Å². The van der Waals surface area contributed by atoms with E-state index in [1.54, 1.807) is 12.1 Å². The van der Waals surface area contributed by atoms with E-state index in [0.717, 1.165) is 57.7 Å². The number of imide groups is 1. The van der Waals surface area contributed by atoms with Gasteiger partial charge in [0, 0.05) is 25.7 Å². The number of esters is 1. The smallest absolute Gasteiger partial charge is 0.338 e. The minimum absolute atomic E-state index is 0.0741. The van der Waals surface area contributed by atoms with Gasteiger partial charge in [-0.2, -0.15) is 0 Å². The van der Waals surface area contributed by atoms with Gasteiger partial charge in [-0.05, 0) is 36.5 Å². The van der Waals surface area contributed by atoms with Crippen LogP contribution in [-0.4, -0.2) is 61.8 Å². The zero-order valence-corrected chi connectivity index (χ0v) is 17.5. The lowest BCUT2D eigenvalue weighted by atomic mass is 9.86. The van der Waals surface area contributed by atoms with Crippen LogP contribution in [0.3, 0.4) is 0 Å². The summed E-state index contributed by atoms with van der Waals surface area (Å²) in [7, 11) is 0. The lowest BCUT2D eigenvalue weighted by molar-refractivity contribution is -0.123. The summed E-state index contributed by atoms with van der Waals surface area (Å²) in [6.45, 7) is 5.67. The Morgan fingerprint density at radius 2 is 1.80 bits per heavy atom. The minimum Gasteiger partial charge on any atom is -0.452 e. The van der Waals surface area contributed by atoms with Crippen molar-refractivity contribution in [1.82, 2.24) is 15.5 Å². The number of morpholine rings is 1. The van der Waals surface area contributed by atoms with Crippen molar-refractivity contribution < 1.29 is 23.9 Å². The van der Waals surface area contributed by atoms with Gasteiger partial charge < -0.3 is 14.8 Å². The second-order valence-electron chi connectivity index (χ2n) is 8.05. The molecule has 8 nitrogen and oxygen atoms in total. The quantitative estimate of drug-likeness (QED) is 0.688. The van der Waals surface area contributed by atoms with Crippen LogP contribution in [0, 0.1) is 5.92 Å². The zero-order chi connectivity index (χ0) is 21.3. The molecular weight excluding hydrogens is 386 g/mol. The number of nitrogens with zero attached hydrogens (tertiary/aromatic N) is 1. The van der Waals surface area contributed by atoms with E-state index in [1.807, 2.05) is 12.1 Å². The van der Waals surface area contributed by atoms with E-state index in [0.29, 0.717) is 11.5 Å². The number of carbonyl (C=O) groups excluding carboxylic acids is 3. The molecule has 1 aliphatic carbocycles. The number of hydrogen-bond donors (Lipinski definition) is 2. The molecule has 3 rings (SSSR count). The monoisotopic (exact) mass is 417 g/mol. The first-order valence-corrected chi connectivity index (χ1v) is 10.7. The van der Waals surface area contributed by atoms with E-state index in [2.05, 4.69) is 22.5 Å². The van der Waals surface area contributed by atoms with Gasteiger partial charge in [-0.1, -0.05) is 31.9 Å². The third kappa shape index (κ3) is 6.81. The van der Waals surface area contributed by atoms with Crippen molar-refractivity contribution in [2.75, 3.05) is 32.9 Å². The van der Waals surface area contributed by atoms with Gasteiger partial charge in [0.05, 0.1) is 18.8 Å². The van der Waals surface area contributed by atoms with E-state index in [-0.39, 0.29) is 6.04 Å². The lowest BCUT2D eigenvalue weighted by Gasteiger charge is -2.29. The van der Waals surface area contributed by atoms with Gasteiger partial charge in [0.15, 0.2) is 6.61 Å². The Hall–Kier alpha value is -2.45. The Kier molecular flexibility index (Phi) is 8.21. The molecular formula is C22H31N3O5. The van der Waals surface area contributed by atoms with Crippen LogP contribution < -0.4 is 10.6 Å². The molecule has 0 spiro atoms. The molecule has 1 heterocycles. The van der Waals surface area contributed by atoms with Crippen LogP contribution in [0.4, 0.5) is 4.79 Å². The molecule has 3 amide bonds. The summed E-state index contributed by atoms with van der Waals surface area (Å²) < 4.78 is 10.4. The second-order valence-corrected chi connectivity index (χ2v) is 8.05. The van der Waals surface area contributed by atoms with Crippen LogP contribution in [-0.2, 0) is 20.8 Å². The first-order valence-electron chi connectivity index (χ1n) is 10.7. The molecule has 2 atom stereocenters. The number of hydrogen-bond acceptors (Lipinski definition) is 6. The van der Waals surface area contributed by atoms with Crippen LogP contribution in [0.25, 0.3) is 0 Å². The third-order valence-corrected chi connectivity index (χ3v) is 5.71. The van der Waals surface area contributed by atoms with Crippen LogP contribution in [0.15, 0.2) is 24.3 Å². The molecule has 2 fully saturated rings. The Balaban J connectivity index is 1.38. The molecule has 0 radical (unpaired) electrons. The molecule has 30 heavy (non-hydrogen) atoms. The summed E-state index contributed by atoms with van der Waals surface area (Å²) in [5.74, 6) is -0.846. The Labute approximate surface area is 177 Å². The predicted octanol–water partition coefficient (Wildman–Crippen LogP) is 2.08. The minimum atomic E-state index is -0.645. The highest BCUT2D eigenvalue weighted by Gasteiger charge is 2.23. The topological polar surface area (TPSA) is 97.0 Å². The van der Waals surface area contributed by atoms with E-state index >= 15 is 0 Å². The van der Waals surface area contributed by atoms with Crippen molar-refractivity contribution in [3.63, 3.8) is 0 Å². The lowest BCUT2D eigenvalue weighted by Crippen LogP contribution is -2.48. The van der Waals surface area contributed by atoms with E-state index < -0.39 is 24.5 Å². The van der Waals surface area contributed by atoms with Crippen molar-refractivity contribution in [2.45, 2.75) is 45.2 Å². The number of amides is 3. The summed E-state index contributed by atoms with van der Waals surface area (Å²) in [6.07, 6.45) is 4.23. The first-order chi connectivity index (χ1) is 14.5. The molecule has 164 valence electrons. The Morgan fingerprint density at radius 1 is 1.10 bits per heavy atom. The van der Waals surface area contributed by atoms with Crippen molar-refractivity contribution in [1.29, 1.82) is 0 Å². The van der Waals surface area contributed by atoms with Crippen molar-refractivity contribution in [3.8, 4) is 0 Å². The highest BCUT2D eigenvalue weighted by Crippen LogP contribution is 2.23. The maximum absolute atomic E-state index is 12.2. The second kappa shape index (κ2) is 11.1. The molecule has 0 bridgehead atoms. The molecule has 1 aliphatic heterocycles. The number of ether oxygens (including phenoxy) is 2. The normalized spacial score (nSPS) is 22.2. The Bertz CT molecular complexity index is 731. The summed E-state index contributed by atoms with van der Waals surface area (Å²) in [5, 5.41) is 5.06. The molecule has 8 heteroatoms. The van der Waals surface area contributed by atoms with Gasteiger partial charge in [0.25, 0.3) is 5.91 Å². The van der Waals surface area contributed by atoms with Crippen LogP contribution in [0.2, 0.25) is 0 Å². The first kappa shape index (κ1) is 22.2. The molecule has 1 saturated carbocycles. The van der Waals surface area contributed by atoms with Gasteiger partial charge in [-0.25, -0.2) is 9.59 Å². The van der Waals surface area contributed by atoms with Gasteiger partial charge in [-0.3, -0.25) is 15.0 Å². The Morgan fingerprint density at radius 3 is 2.50 bits per heavy atom. The molecule has 1 saturated heterocycles. The summed E-state index contributed by atoms with van der Waals surface area (Å²) >= 11 is 0. The summed E-state index contributed by atoms with van der Waals surface area (Å²) in [6, 6.07) is 6.67. The average Bonchev–Trinajstić information content (AvgIpc) is 2.75. The van der Waals surface area contributed by atoms with Crippen LogP contribution >= 0.6 is 0 Å². The molecule has 1 aromatic rings. The van der Waals surface area contributed by atoms with Crippen molar-refractivity contribution in [2.24, 2.45) is 5.92 Å². The fourth-order valence-corrected chi connectivity index (χ4v) is 3.88. The number of urea groups is 1. The molecule has 2 aliphatic rings. The number of benzene rings is 1. The van der Waals surface area contributed by atoms with Gasteiger partial charge in [-0.15, -0.1) is 0 Å². The highest BCUT2D eigenvalue weighted by atomic mass is 16.5. The van der Waals surface area contributed by atoms with Gasteiger partial charge in [0.1, 0.15) is 0 Å². The third-order valence-electron chi connectivity index (χ3n) is 5.71. The number of rotatable bonds is 6. The number of nitrogens with one attached hydrogen (secondary N) is 2. The van der Waals surface area contributed by atoms with Gasteiger partial charge >= 0.3 is 12.0 Å². The molecule has 0 unspecified atom stereocenters. The summed E-state index contributed by atoms with van der Waals surface area (Å²) in [5.41, 5.74) is 1.47. The largest absolute Gasteiger partial charge is 0.452 e. The standard InChI is InChI=1S/C22H31N3O5/c1-16-4-2-3-5-19(16)23-22(28)24-20(26)15-30-21(27)18-8-6-17(7-9-18)14-25-10-12-29-13-11-25/h6-9,16,19H,2-5,10-15H2,1H3,(H2,23,24,26,28)/t16-,19+/m0/s1. The van der Waals surface area contributed by atoms with E-state index in [4.69, 9.17) is 9.47 Å². The van der Waals surface area contributed by atoms with Crippen molar-refractivity contribution >= 4 is 17.9 Å². The van der Waals surface area contributed by atoms with Crippen molar-refractivity contribution in [3.05, 3.63) is 35.4 Å². The molecule has 0 aromatic heterocycles.